The molecular weight excluding hydrogens is 352 g/mol. The van der Waals surface area contributed by atoms with Crippen LogP contribution in [0.25, 0.3) is 0 Å². The number of piperazine rings is 1. The van der Waals surface area contributed by atoms with Crippen LogP contribution in [-0.4, -0.2) is 66.4 Å². The molecule has 28 heavy (non-hydrogen) atoms. The summed E-state index contributed by atoms with van der Waals surface area (Å²) in [4.78, 5) is 29.1. The van der Waals surface area contributed by atoms with Crippen LogP contribution < -0.4 is 10.6 Å². The summed E-state index contributed by atoms with van der Waals surface area (Å²) < 4.78 is 0. The lowest BCUT2D eigenvalue weighted by molar-refractivity contribution is -0.128. The zero-order chi connectivity index (χ0) is 20.5. The fourth-order valence-corrected chi connectivity index (χ4v) is 3.63. The Balaban J connectivity index is 1.84. The van der Waals surface area contributed by atoms with E-state index < -0.39 is 0 Å². The van der Waals surface area contributed by atoms with Crippen molar-refractivity contribution in [1.82, 2.24) is 20.4 Å². The van der Waals surface area contributed by atoms with Crippen LogP contribution in [0.3, 0.4) is 0 Å². The molecular formula is C22H36N4O2. The fraction of sp³-hybridized carbons (Fsp3) is 0.636. The van der Waals surface area contributed by atoms with Crippen molar-refractivity contribution in [2.75, 3.05) is 32.7 Å². The predicted octanol–water partition coefficient (Wildman–Crippen LogP) is 2.17. The summed E-state index contributed by atoms with van der Waals surface area (Å²) in [6.07, 6.45) is 1.95. The molecule has 6 heteroatoms. The summed E-state index contributed by atoms with van der Waals surface area (Å²) in [6.45, 7) is 11.7. The molecule has 1 aliphatic heterocycles. The minimum atomic E-state index is -0.172. The van der Waals surface area contributed by atoms with E-state index in [-0.39, 0.29) is 29.9 Å². The zero-order valence-electron chi connectivity index (χ0n) is 17.8. The van der Waals surface area contributed by atoms with E-state index in [2.05, 4.69) is 39.5 Å². The van der Waals surface area contributed by atoms with Crippen LogP contribution in [0.4, 0.5) is 0 Å². The molecule has 6 nitrogen and oxygen atoms in total. The lowest BCUT2D eigenvalue weighted by Crippen LogP contribution is -2.55. The van der Waals surface area contributed by atoms with Crippen molar-refractivity contribution < 1.29 is 9.59 Å². The largest absolute Gasteiger partial charge is 0.353 e. The molecule has 1 aromatic rings. The maximum Gasteiger partial charge on any atom is 0.237 e. The first-order valence-electron chi connectivity index (χ1n) is 10.5. The number of carbonyl (C=O) groups excluding carboxylic acids is 2. The average molecular weight is 389 g/mol. The van der Waals surface area contributed by atoms with Crippen LogP contribution in [-0.2, 0) is 9.59 Å². The third-order valence-electron chi connectivity index (χ3n) is 5.25. The first-order valence-corrected chi connectivity index (χ1v) is 10.5. The van der Waals surface area contributed by atoms with Gasteiger partial charge in [-0.15, -0.1) is 0 Å². The normalized spacial score (nSPS) is 17.9. The Morgan fingerprint density at radius 1 is 1.00 bits per heavy atom. The first-order chi connectivity index (χ1) is 13.4. The van der Waals surface area contributed by atoms with Crippen molar-refractivity contribution in [2.45, 2.75) is 58.7 Å². The van der Waals surface area contributed by atoms with E-state index in [1.165, 1.54) is 0 Å². The maximum atomic E-state index is 12.9. The van der Waals surface area contributed by atoms with Gasteiger partial charge in [-0.25, -0.2) is 0 Å². The van der Waals surface area contributed by atoms with Crippen LogP contribution in [0.15, 0.2) is 30.3 Å². The summed E-state index contributed by atoms with van der Waals surface area (Å²) >= 11 is 0. The highest BCUT2D eigenvalue weighted by molar-refractivity contribution is 5.81. The second-order valence-corrected chi connectivity index (χ2v) is 7.97. The van der Waals surface area contributed by atoms with Crippen molar-refractivity contribution in [3.8, 4) is 0 Å². The van der Waals surface area contributed by atoms with E-state index in [4.69, 9.17) is 0 Å². The summed E-state index contributed by atoms with van der Waals surface area (Å²) in [7, 11) is 0. The Bertz CT molecular complexity index is 612. The highest BCUT2D eigenvalue weighted by Gasteiger charge is 2.27. The van der Waals surface area contributed by atoms with Crippen LogP contribution >= 0.6 is 0 Å². The van der Waals surface area contributed by atoms with E-state index in [9.17, 15) is 9.59 Å². The van der Waals surface area contributed by atoms with Crippen LogP contribution in [0.5, 0.6) is 0 Å². The van der Waals surface area contributed by atoms with Gasteiger partial charge in [0.25, 0.3) is 0 Å². The number of amides is 2. The number of rotatable bonds is 9. The molecule has 2 rings (SSSR count). The predicted molar refractivity (Wildman–Crippen MR) is 113 cm³/mol. The number of hydrogen-bond acceptors (Lipinski definition) is 4. The molecule has 1 fully saturated rings. The third-order valence-corrected chi connectivity index (χ3v) is 5.25. The van der Waals surface area contributed by atoms with Crippen LogP contribution in [0.1, 0.15) is 52.1 Å². The van der Waals surface area contributed by atoms with Gasteiger partial charge in [0, 0.05) is 32.2 Å². The second kappa shape index (κ2) is 11.2. The van der Waals surface area contributed by atoms with E-state index in [1.807, 2.05) is 39.0 Å². The molecule has 2 N–H and O–H groups in total. The average Bonchev–Trinajstić information content (AvgIpc) is 2.67. The molecule has 2 atom stereocenters. The zero-order valence-corrected chi connectivity index (χ0v) is 17.8. The quantitative estimate of drug-likeness (QED) is 0.681. The third kappa shape index (κ3) is 6.91. The van der Waals surface area contributed by atoms with Crippen molar-refractivity contribution >= 4 is 11.8 Å². The Hall–Kier alpha value is -1.92. The van der Waals surface area contributed by atoms with Gasteiger partial charge in [0.2, 0.25) is 11.8 Å². The summed E-state index contributed by atoms with van der Waals surface area (Å²) in [5, 5.41) is 6.17. The van der Waals surface area contributed by atoms with Gasteiger partial charge >= 0.3 is 0 Å². The van der Waals surface area contributed by atoms with E-state index >= 15 is 0 Å². The molecule has 2 unspecified atom stereocenters. The molecule has 0 saturated carbocycles. The smallest absolute Gasteiger partial charge is 0.237 e. The number of carbonyl (C=O) groups is 2. The standard InChI is InChI=1S/C22H36N4O2/c1-5-9-20(19-10-7-6-8-11-19)24-22(28)18(4)26-14-12-25(13-15-26)16-21(27)23-17(2)3/h6-8,10-11,17-18,20H,5,9,12-16H2,1-4H3,(H,23,27)(H,24,28). The lowest BCUT2D eigenvalue weighted by Gasteiger charge is -2.37. The minimum absolute atomic E-state index is 0.0576. The van der Waals surface area contributed by atoms with Gasteiger partial charge in [-0.05, 0) is 32.8 Å². The summed E-state index contributed by atoms with van der Waals surface area (Å²) in [6, 6.07) is 10.2. The van der Waals surface area contributed by atoms with Gasteiger partial charge in [0.05, 0.1) is 18.6 Å². The van der Waals surface area contributed by atoms with Crippen molar-refractivity contribution in [3.05, 3.63) is 35.9 Å². The molecule has 0 aromatic heterocycles. The molecule has 0 bridgehead atoms. The van der Waals surface area contributed by atoms with Gasteiger partial charge in [0.1, 0.15) is 0 Å². The number of hydrogen-bond donors (Lipinski definition) is 2. The number of nitrogens with one attached hydrogen (secondary N) is 2. The summed E-state index contributed by atoms with van der Waals surface area (Å²) in [5.41, 5.74) is 1.16. The first kappa shape index (κ1) is 22.4. The molecule has 0 spiro atoms. The summed E-state index contributed by atoms with van der Waals surface area (Å²) in [5.74, 6) is 0.146. The molecule has 0 aliphatic carbocycles. The van der Waals surface area contributed by atoms with Crippen LogP contribution in [0, 0.1) is 0 Å². The van der Waals surface area contributed by atoms with Gasteiger partial charge < -0.3 is 10.6 Å². The molecule has 1 heterocycles. The molecule has 1 aromatic carbocycles. The van der Waals surface area contributed by atoms with Crippen molar-refractivity contribution in [3.63, 3.8) is 0 Å². The van der Waals surface area contributed by atoms with Gasteiger partial charge in [-0.3, -0.25) is 19.4 Å². The van der Waals surface area contributed by atoms with Gasteiger partial charge in [-0.2, -0.15) is 0 Å². The Morgan fingerprint density at radius 2 is 1.64 bits per heavy atom. The topological polar surface area (TPSA) is 64.7 Å². The lowest BCUT2D eigenvalue weighted by atomic mass is 10.0. The number of benzene rings is 1. The molecule has 156 valence electrons. The monoisotopic (exact) mass is 388 g/mol. The van der Waals surface area contributed by atoms with Crippen molar-refractivity contribution in [1.29, 1.82) is 0 Å². The highest BCUT2D eigenvalue weighted by Crippen LogP contribution is 2.19. The molecule has 0 radical (unpaired) electrons. The Kier molecular flexibility index (Phi) is 8.93. The van der Waals surface area contributed by atoms with Gasteiger partial charge in [0.15, 0.2) is 0 Å². The molecule has 2 amide bonds. The highest BCUT2D eigenvalue weighted by atomic mass is 16.2. The fourth-order valence-electron chi connectivity index (χ4n) is 3.63. The van der Waals surface area contributed by atoms with Crippen molar-refractivity contribution in [2.24, 2.45) is 0 Å². The minimum Gasteiger partial charge on any atom is -0.353 e. The second-order valence-electron chi connectivity index (χ2n) is 7.97. The van der Waals surface area contributed by atoms with Gasteiger partial charge in [-0.1, -0.05) is 43.7 Å². The van der Waals surface area contributed by atoms with E-state index in [0.29, 0.717) is 6.54 Å². The number of nitrogens with zero attached hydrogens (tertiary/aromatic N) is 2. The van der Waals surface area contributed by atoms with Crippen LogP contribution in [0.2, 0.25) is 0 Å². The Morgan fingerprint density at radius 3 is 2.21 bits per heavy atom. The SMILES string of the molecule is CCCC(NC(=O)C(C)N1CCN(CC(=O)NC(C)C)CC1)c1ccccc1. The van der Waals surface area contributed by atoms with E-state index in [0.717, 1.165) is 44.6 Å². The molecule has 1 saturated heterocycles. The maximum absolute atomic E-state index is 12.9. The Labute approximate surface area is 169 Å². The molecule has 1 aliphatic rings. The van der Waals surface area contributed by atoms with E-state index in [1.54, 1.807) is 0 Å².